The van der Waals surface area contributed by atoms with E-state index in [2.05, 4.69) is 42.0 Å². The van der Waals surface area contributed by atoms with Gasteiger partial charge in [-0.05, 0) is 43.9 Å². The zero-order valence-corrected chi connectivity index (χ0v) is 14.2. The molecule has 19 heavy (non-hydrogen) atoms. The molecule has 1 aromatic carbocycles. The quantitative estimate of drug-likeness (QED) is 0.675. The van der Waals surface area contributed by atoms with E-state index in [1.807, 2.05) is 18.2 Å². The van der Waals surface area contributed by atoms with E-state index in [1.54, 1.807) is 0 Å². The fourth-order valence-electron chi connectivity index (χ4n) is 1.74. The Labute approximate surface area is 130 Å². The van der Waals surface area contributed by atoms with Gasteiger partial charge in [0.2, 0.25) is 0 Å². The van der Waals surface area contributed by atoms with Gasteiger partial charge in [0.1, 0.15) is 12.4 Å². The molecule has 1 atom stereocenters. The highest BCUT2D eigenvalue weighted by Crippen LogP contribution is 2.27. The van der Waals surface area contributed by atoms with Crippen molar-refractivity contribution in [2.24, 2.45) is 5.92 Å². The molecule has 0 heterocycles. The second kappa shape index (κ2) is 8.83. The van der Waals surface area contributed by atoms with E-state index in [-0.39, 0.29) is 0 Å². The highest BCUT2D eigenvalue weighted by Gasteiger charge is 2.04. The van der Waals surface area contributed by atoms with Gasteiger partial charge in [-0.2, -0.15) is 0 Å². The Bertz CT molecular complexity index is 384. The van der Waals surface area contributed by atoms with Crippen molar-refractivity contribution in [1.82, 2.24) is 5.32 Å². The Balaban J connectivity index is 2.21. The second-order valence-corrected chi connectivity index (χ2v) is 6.57. The third-order valence-corrected chi connectivity index (χ3v) is 3.73. The topological polar surface area (TPSA) is 21.3 Å². The molecular formula is C15H23BrClNO. The van der Waals surface area contributed by atoms with Crippen LogP contribution in [0.5, 0.6) is 5.75 Å². The molecule has 0 aliphatic carbocycles. The highest BCUT2D eigenvalue weighted by atomic mass is 79.9. The summed E-state index contributed by atoms with van der Waals surface area (Å²) in [7, 11) is 0. The summed E-state index contributed by atoms with van der Waals surface area (Å²) in [4.78, 5) is 0. The SMILES string of the molecule is CC(C)CCC(C)NCCOc1cc(Br)ccc1Cl. The van der Waals surface area contributed by atoms with Gasteiger partial charge >= 0.3 is 0 Å². The van der Waals surface area contributed by atoms with Gasteiger partial charge in [-0.25, -0.2) is 0 Å². The minimum Gasteiger partial charge on any atom is -0.491 e. The molecule has 2 nitrogen and oxygen atoms in total. The van der Waals surface area contributed by atoms with Gasteiger partial charge in [-0.15, -0.1) is 0 Å². The summed E-state index contributed by atoms with van der Waals surface area (Å²) in [5.74, 6) is 1.49. The zero-order valence-electron chi connectivity index (χ0n) is 11.9. The van der Waals surface area contributed by atoms with Gasteiger partial charge < -0.3 is 10.1 Å². The first-order chi connectivity index (χ1) is 8.99. The smallest absolute Gasteiger partial charge is 0.139 e. The van der Waals surface area contributed by atoms with E-state index in [9.17, 15) is 0 Å². The first kappa shape index (κ1) is 16.8. The third-order valence-electron chi connectivity index (χ3n) is 2.92. The van der Waals surface area contributed by atoms with Crippen LogP contribution in [0, 0.1) is 5.92 Å². The molecule has 0 saturated carbocycles. The van der Waals surface area contributed by atoms with Gasteiger partial charge in [0.05, 0.1) is 5.02 Å². The highest BCUT2D eigenvalue weighted by molar-refractivity contribution is 9.10. The summed E-state index contributed by atoms with van der Waals surface area (Å²) < 4.78 is 6.65. The van der Waals surface area contributed by atoms with Crippen LogP contribution in [-0.4, -0.2) is 19.2 Å². The lowest BCUT2D eigenvalue weighted by atomic mass is 10.0. The van der Waals surface area contributed by atoms with Crippen LogP contribution >= 0.6 is 27.5 Å². The molecule has 4 heteroatoms. The number of hydrogen-bond acceptors (Lipinski definition) is 2. The van der Waals surface area contributed by atoms with E-state index in [0.29, 0.717) is 17.7 Å². The normalized spacial score (nSPS) is 12.7. The summed E-state index contributed by atoms with van der Waals surface area (Å²) >= 11 is 9.46. The summed E-state index contributed by atoms with van der Waals surface area (Å²) in [6.45, 7) is 8.19. The molecule has 1 unspecified atom stereocenters. The van der Waals surface area contributed by atoms with Gasteiger partial charge in [0.15, 0.2) is 0 Å². The molecule has 0 aliphatic heterocycles. The summed E-state index contributed by atoms with van der Waals surface area (Å²) in [6, 6.07) is 6.16. The molecule has 1 rings (SSSR count). The number of halogens is 2. The van der Waals surface area contributed by atoms with E-state index in [0.717, 1.165) is 22.7 Å². The Kier molecular flexibility index (Phi) is 7.81. The van der Waals surface area contributed by atoms with Crippen molar-refractivity contribution in [2.45, 2.75) is 39.7 Å². The molecular weight excluding hydrogens is 326 g/mol. The average Bonchev–Trinajstić information content (AvgIpc) is 2.36. The van der Waals surface area contributed by atoms with Crippen molar-refractivity contribution in [3.63, 3.8) is 0 Å². The maximum absolute atomic E-state index is 6.06. The first-order valence-corrected chi connectivity index (χ1v) is 7.97. The predicted octanol–water partition coefficient (Wildman–Crippen LogP) is 4.90. The van der Waals surface area contributed by atoms with Gasteiger partial charge in [0, 0.05) is 17.1 Å². The maximum Gasteiger partial charge on any atom is 0.139 e. The monoisotopic (exact) mass is 347 g/mol. The molecule has 0 amide bonds. The summed E-state index contributed by atoms with van der Waals surface area (Å²) in [5, 5.41) is 4.11. The van der Waals surface area contributed by atoms with E-state index in [4.69, 9.17) is 16.3 Å². The molecule has 0 spiro atoms. The van der Waals surface area contributed by atoms with Crippen LogP contribution in [0.3, 0.4) is 0 Å². The Hall–Kier alpha value is -0.250. The van der Waals surface area contributed by atoms with Crippen LogP contribution in [0.1, 0.15) is 33.6 Å². The van der Waals surface area contributed by atoms with Crippen molar-refractivity contribution in [3.05, 3.63) is 27.7 Å². The van der Waals surface area contributed by atoms with Crippen molar-refractivity contribution in [1.29, 1.82) is 0 Å². The van der Waals surface area contributed by atoms with E-state index in [1.165, 1.54) is 12.8 Å². The lowest BCUT2D eigenvalue weighted by Gasteiger charge is -2.15. The molecule has 0 saturated heterocycles. The van der Waals surface area contributed by atoms with Crippen LogP contribution in [0.2, 0.25) is 5.02 Å². The van der Waals surface area contributed by atoms with E-state index < -0.39 is 0 Å². The lowest BCUT2D eigenvalue weighted by Crippen LogP contribution is -2.30. The number of ether oxygens (including phenoxy) is 1. The van der Waals surface area contributed by atoms with Crippen LogP contribution in [0.15, 0.2) is 22.7 Å². The molecule has 0 bridgehead atoms. The van der Waals surface area contributed by atoms with Gasteiger partial charge in [-0.3, -0.25) is 0 Å². The van der Waals surface area contributed by atoms with Gasteiger partial charge in [-0.1, -0.05) is 41.4 Å². The number of hydrogen-bond donors (Lipinski definition) is 1. The molecule has 1 aromatic rings. The Morgan fingerprint density at radius 1 is 1.26 bits per heavy atom. The van der Waals surface area contributed by atoms with Crippen LogP contribution in [-0.2, 0) is 0 Å². The second-order valence-electron chi connectivity index (χ2n) is 5.25. The lowest BCUT2D eigenvalue weighted by molar-refractivity contribution is 0.303. The molecule has 1 N–H and O–H groups in total. The van der Waals surface area contributed by atoms with Crippen molar-refractivity contribution in [2.75, 3.05) is 13.2 Å². The number of benzene rings is 1. The third kappa shape index (κ3) is 7.19. The van der Waals surface area contributed by atoms with Crippen molar-refractivity contribution >= 4 is 27.5 Å². The minimum atomic E-state index is 0.531. The van der Waals surface area contributed by atoms with Crippen molar-refractivity contribution < 1.29 is 4.74 Å². The predicted molar refractivity (Wildman–Crippen MR) is 86.2 cm³/mol. The van der Waals surface area contributed by atoms with Crippen LogP contribution in [0.25, 0.3) is 0 Å². The molecule has 0 fully saturated rings. The van der Waals surface area contributed by atoms with Crippen LogP contribution in [0.4, 0.5) is 0 Å². The Morgan fingerprint density at radius 2 is 2.00 bits per heavy atom. The molecule has 108 valence electrons. The standard InChI is InChI=1S/C15H23BrClNO/c1-11(2)4-5-12(3)18-8-9-19-15-10-13(16)6-7-14(15)17/h6-7,10-12,18H,4-5,8-9H2,1-3H3. The fraction of sp³-hybridized carbons (Fsp3) is 0.600. The first-order valence-electron chi connectivity index (χ1n) is 6.80. The molecule has 0 aliphatic rings. The Morgan fingerprint density at radius 3 is 2.68 bits per heavy atom. The van der Waals surface area contributed by atoms with E-state index >= 15 is 0 Å². The largest absolute Gasteiger partial charge is 0.491 e. The average molecular weight is 349 g/mol. The number of rotatable bonds is 8. The van der Waals surface area contributed by atoms with Gasteiger partial charge in [0.25, 0.3) is 0 Å². The van der Waals surface area contributed by atoms with Crippen LogP contribution < -0.4 is 10.1 Å². The molecule has 0 aromatic heterocycles. The van der Waals surface area contributed by atoms with Crippen molar-refractivity contribution in [3.8, 4) is 5.75 Å². The fourth-order valence-corrected chi connectivity index (χ4v) is 2.25. The zero-order chi connectivity index (χ0) is 14.3. The number of nitrogens with one attached hydrogen (secondary N) is 1. The maximum atomic E-state index is 6.06. The minimum absolute atomic E-state index is 0.531. The summed E-state index contributed by atoms with van der Waals surface area (Å²) in [5.41, 5.74) is 0. The molecule has 0 radical (unpaired) electrons. The summed E-state index contributed by atoms with van der Waals surface area (Å²) in [6.07, 6.45) is 2.46.